The molecule has 0 radical (unpaired) electrons. The molecule has 1 fully saturated rings. The summed E-state index contributed by atoms with van der Waals surface area (Å²) in [4.78, 5) is 4.14. The summed E-state index contributed by atoms with van der Waals surface area (Å²) in [5, 5.41) is 3.93. The van der Waals surface area contributed by atoms with Crippen molar-refractivity contribution in [3.05, 3.63) is 12.2 Å². The van der Waals surface area contributed by atoms with Gasteiger partial charge in [0, 0.05) is 0 Å². The molecule has 0 atom stereocenters. The third kappa shape index (κ3) is 2.12. The molecule has 1 aromatic rings. The molecule has 1 aromatic heterocycles. The van der Waals surface area contributed by atoms with Gasteiger partial charge in [0.05, 0.1) is 5.54 Å². The zero-order chi connectivity index (χ0) is 12.0. The molecule has 1 saturated carbocycles. The first kappa shape index (κ1) is 11.6. The number of nitrogens with zero attached hydrogens (tertiary/aromatic N) is 2. The Kier molecular flexibility index (Phi) is 2.38. The van der Waals surface area contributed by atoms with Crippen molar-refractivity contribution in [2.24, 2.45) is 16.6 Å². The van der Waals surface area contributed by atoms with Crippen LogP contribution < -0.4 is 5.73 Å². The second-order valence-corrected chi connectivity index (χ2v) is 6.77. The molecule has 0 saturated heterocycles. The van der Waals surface area contributed by atoms with Gasteiger partial charge in [0.15, 0.2) is 5.82 Å². The summed E-state index contributed by atoms with van der Waals surface area (Å²) in [5.41, 5.74) is 6.48. The number of rotatable bonds is 1. The summed E-state index contributed by atoms with van der Waals surface area (Å²) < 4.78 is 4.83. The highest BCUT2D eigenvalue weighted by Crippen LogP contribution is 2.51. The predicted molar refractivity (Wildman–Crippen MR) is 61.6 cm³/mol. The first-order chi connectivity index (χ1) is 7.23. The lowest BCUT2D eigenvalue weighted by molar-refractivity contribution is 0.0417. The van der Waals surface area contributed by atoms with Crippen molar-refractivity contribution in [1.82, 2.24) is 10.1 Å². The van der Waals surface area contributed by atoms with Gasteiger partial charge in [-0.05, 0) is 30.1 Å². The Hall–Kier alpha value is -0.900. The van der Waals surface area contributed by atoms with Crippen molar-refractivity contribution < 1.29 is 4.52 Å². The van der Waals surface area contributed by atoms with Gasteiger partial charge in [-0.2, -0.15) is 4.98 Å². The van der Waals surface area contributed by atoms with Crippen molar-refractivity contribution in [3.63, 3.8) is 0 Å². The Bertz CT molecular complexity index is 352. The molecule has 2 N–H and O–H groups in total. The average Bonchev–Trinajstić information content (AvgIpc) is 2.46. The molecule has 4 heteroatoms. The number of nitrogens with two attached hydrogens (primary N) is 1. The number of hydrogen-bond acceptors (Lipinski definition) is 4. The molecular weight excluding hydrogens is 202 g/mol. The van der Waals surface area contributed by atoms with Crippen molar-refractivity contribution in [3.8, 4) is 0 Å². The summed E-state index contributed by atoms with van der Waals surface area (Å²) in [6, 6.07) is 0. The minimum absolute atomic E-state index is 0.219. The van der Waals surface area contributed by atoms with Crippen LogP contribution in [-0.4, -0.2) is 10.1 Å². The number of hydrogen-bond donors (Lipinski definition) is 1. The van der Waals surface area contributed by atoms with Crippen LogP contribution >= 0.6 is 0 Å². The van der Waals surface area contributed by atoms with E-state index in [-0.39, 0.29) is 10.8 Å². The van der Waals surface area contributed by atoms with Gasteiger partial charge in [-0.3, -0.25) is 0 Å². The Labute approximate surface area is 96.6 Å². The van der Waals surface area contributed by atoms with E-state index in [2.05, 4.69) is 37.8 Å². The van der Waals surface area contributed by atoms with Crippen LogP contribution in [0.25, 0.3) is 0 Å². The van der Waals surface area contributed by atoms with Crippen LogP contribution in [0.4, 0.5) is 0 Å². The molecule has 4 nitrogen and oxygen atoms in total. The van der Waals surface area contributed by atoms with Crippen LogP contribution in [0.2, 0.25) is 0 Å². The lowest BCUT2D eigenvalue weighted by Gasteiger charge is -2.49. The van der Waals surface area contributed by atoms with E-state index >= 15 is 0 Å². The molecule has 0 spiro atoms. The summed E-state index contributed by atoms with van der Waals surface area (Å²) in [5.74, 6) is 0.647. The fourth-order valence-electron chi connectivity index (χ4n) is 3.74. The minimum Gasteiger partial charge on any atom is -0.343 e. The molecule has 0 aromatic carbocycles. The highest BCUT2D eigenvalue weighted by Gasteiger charge is 2.48. The largest absolute Gasteiger partial charge is 0.343 e. The van der Waals surface area contributed by atoms with Crippen LogP contribution in [0.3, 0.4) is 0 Å². The van der Waals surface area contributed by atoms with Gasteiger partial charge in [-0.15, -0.1) is 0 Å². The molecule has 0 unspecified atom stereocenters. The maximum atomic E-state index is 6.49. The van der Waals surface area contributed by atoms with Crippen LogP contribution in [0.15, 0.2) is 10.9 Å². The zero-order valence-electron chi connectivity index (χ0n) is 10.6. The highest BCUT2D eigenvalue weighted by molar-refractivity contribution is 5.09. The minimum atomic E-state index is -0.446. The molecule has 0 amide bonds. The van der Waals surface area contributed by atoms with Crippen LogP contribution in [0, 0.1) is 10.8 Å². The van der Waals surface area contributed by atoms with Gasteiger partial charge < -0.3 is 10.3 Å². The van der Waals surface area contributed by atoms with Crippen molar-refractivity contribution in [2.45, 2.75) is 52.5 Å². The van der Waals surface area contributed by atoms with E-state index < -0.39 is 5.54 Å². The third-order valence-corrected chi connectivity index (χ3v) is 3.35. The van der Waals surface area contributed by atoms with E-state index in [4.69, 9.17) is 10.3 Å². The van der Waals surface area contributed by atoms with Gasteiger partial charge in [0.1, 0.15) is 0 Å². The molecule has 16 heavy (non-hydrogen) atoms. The Morgan fingerprint density at radius 1 is 1.12 bits per heavy atom. The Morgan fingerprint density at radius 2 is 1.69 bits per heavy atom. The maximum Gasteiger partial charge on any atom is 0.213 e. The topological polar surface area (TPSA) is 64.9 Å². The molecule has 2 rings (SSSR count). The molecule has 1 aliphatic rings. The molecule has 90 valence electrons. The fourth-order valence-corrected chi connectivity index (χ4v) is 3.74. The lowest BCUT2D eigenvalue weighted by Crippen LogP contribution is -2.50. The second-order valence-electron chi connectivity index (χ2n) is 6.77. The van der Waals surface area contributed by atoms with Crippen LogP contribution in [0.5, 0.6) is 0 Å². The van der Waals surface area contributed by atoms with E-state index in [1.807, 2.05) is 0 Å². The van der Waals surface area contributed by atoms with Crippen molar-refractivity contribution in [2.75, 3.05) is 0 Å². The summed E-state index contributed by atoms with van der Waals surface area (Å²) in [7, 11) is 0. The summed E-state index contributed by atoms with van der Waals surface area (Å²) in [6.45, 7) is 9.04. The Morgan fingerprint density at radius 3 is 2.12 bits per heavy atom. The standard InChI is InChI=1S/C12H21N3O/c1-10(2)5-11(3,4)7-12(13,6-10)9-14-8-16-15-9/h8H,5-7,13H2,1-4H3. The normalized spacial score (nSPS) is 26.6. The molecule has 1 aliphatic carbocycles. The van der Waals surface area contributed by atoms with Crippen molar-refractivity contribution in [1.29, 1.82) is 0 Å². The lowest BCUT2D eigenvalue weighted by atomic mass is 9.58. The quantitative estimate of drug-likeness (QED) is 0.794. The van der Waals surface area contributed by atoms with E-state index in [1.54, 1.807) is 0 Å². The van der Waals surface area contributed by atoms with Crippen LogP contribution in [0.1, 0.15) is 52.8 Å². The second kappa shape index (κ2) is 3.29. The first-order valence-corrected chi connectivity index (χ1v) is 5.78. The van der Waals surface area contributed by atoms with Gasteiger partial charge in [0.25, 0.3) is 0 Å². The molecule has 0 aliphatic heterocycles. The fraction of sp³-hybridized carbons (Fsp3) is 0.833. The smallest absolute Gasteiger partial charge is 0.213 e. The first-order valence-electron chi connectivity index (χ1n) is 5.78. The molecular formula is C12H21N3O. The van der Waals surface area contributed by atoms with Gasteiger partial charge >= 0.3 is 0 Å². The van der Waals surface area contributed by atoms with Crippen molar-refractivity contribution >= 4 is 0 Å². The van der Waals surface area contributed by atoms with Crippen LogP contribution in [-0.2, 0) is 5.54 Å². The van der Waals surface area contributed by atoms with E-state index in [9.17, 15) is 0 Å². The molecule has 0 bridgehead atoms. The average molecular weight is 223 g/mol. The highest BCUT2D eigenvalue weighted by atomic mass is 16.5. The third-order valence-electron chi connectivity index (χ3n) is 3.35. The monoisotopic (exact) mass is 223 g/mol. The number of aromatic nitrogens is 2. The summed E-state index contributed by atoms with van der Waals surface area (Å²) in [6.07, 6.45) is 4.35. The van der Waals surface area contributed by atoms with Gasteiger partial charge in [-0.25, -0.2) is 0 Å². The maximum absolute atomic E-state index is 6.49. The van der Waals surface area contributed by atoms with Gasteiger partial charge in [0.2, 0.25) is 6.39 Å². The SMILES string of the molecule is CC1(C)CC(C)(C)CC(N)(c2ncon2)C1. The summed E-state index contributed by atoms with van der Waals surface area (Å²) >= 11 is 0. The molecule has 1 heterocycles. The van der Waals surface area contributed by atoms with E-state index in [0.717, 1.165) is 12.8 Å². The van der Waals surface area contributed by atoms with E-state index in [1.165, 1.54) is 12.8 Å². The Balaban J connectivity index is 2.35. The predicted octanol–water partition coefficient (Wildman–Crippen LogP) is 2.46. The van der Waals surface area contributed by atoms with Gasteiger partial charge in [-0.1, -0.05) is 32.9 Å². The van der Waals surface area contributed by atoms with E-state index in [0.29, 0.717) is 5.82 Å². The zero-order valence-corrected chi connectivity index (χ0v) is 10.6.